The van der Waals surface area contributed by atoms with E-state index in [1.54, 1.807) is 0 Å². The zero-order valence-corrected chi connectivity index (χ0v) is 22.9. The number of carbonyl (C=O) groups is 1. The van der Waals surface area contributed by atoms with Crippen LogP contribution in [0.5, 0.6) is 11.5 Å². The Hall–Kier alpha value is -3.23. The fraction of sp³-hybridized carbons (Fsp3) is 0.424. The minimum Gasteiger partial charge on any atom is -0.457 e. The largest absolute Gasteiger partial charge is 0.457 e. The Morgan fingerprint density at radius 3 is 2.48 bits per heavy atom. The standard InChI is InChI=1S/C33H38N2O5/c36-27-21-35(19-24-10-12-29(13-11-24)39-28-8-2-1-3-9-28)31-15-14-30(40-32(31)23-38-22-27)18-33(37)34-17-16-25-6-4-5-7-26(25)20-34/h1-13,27,30-32,36H,14-23H2/t27-,30+,31-,32+/m0/s1. The molecule has 3 aromatic carbocycles. The monoisotopic (exact) mass is 542 g/mol. The van der Waals surface area contributed by atoms with Crippen molar-refractivity contribution in [3.63, 3.8) is 0 Å². The van der Waals surface area contributed by atoms with Crippen molar-refractivity contribution in [1.29, 1.82) is 0 Å². The number of carbonyl (C=O) groups excluding carboxylic acids is 1. The number of aliphatic hydroxyl groups excluding tert-OH is 1. The second-order valence-corrected chi connectivity index (χ2v) is 11.2. The van der Waals surface area contributed by atoms with Crippen molar-refractivity contribution in [2.24, 2.45) is 0 Å². The van der Waals surface area contributed by atoms with Crippen LogP contribution in [0.1, 0.15) is 36.0 Å². The summed E-state index contributed by atoms with van der Waals surface area (Å²) >= 11 is 0. The molecule has 0 unspecified atom stereocenters. The van der Waals surface area contributed by atoms with E-state index in [0.717, 1.165) is 42.9 Å². The number of β-amino-alcohol motifs (C(OH)–C–C–N with tert-alkyl or cyclic N) is 1. The number of hydrogen-bond acceptors (Lipinski definition) is 6. The topological polar surface area (TPSA) is 71.5 Å². The molecule has 0 saturated carbocycles. The van der Waals surface area contributed by atoms with Crippen molar-refractivity contribution < 1.29 is 24.1 Å². The number of amides is 1. The highest BCUT2D eigenvalue weighted by atomic mass is 16.5. The van der Waals surface area contributed by atoms with E-state index < -0.39 is 6.10 Å². The van der Waals surface area contributed by atoms with Crippen LogP contribution < -0.4 is 4.74 Å². The van der Waals surface area contributed by atoms with Crippen molar-refractivity contribution in [1.82, 2.24) is 9.80 Å². The first-order valence-electron chi connectivity index (χ1n) is 14.4. The molecule has 2 saturated heterocycles. The van der Waals surface area contributed by atoms with Crippen molar-refractivity contribution in [2.45, 2.75) is 63.1 Å². The predicted molar refractivity (Wildman–Crippen MR) is 152 cm³/mol. The zero-order valence-electron chi connectivity index (χ0n) is 22.9. The van der Waals surface area contributed by atoms with E-state index in [0.29, 0.717) is 32.7 Å². The average Bonchev–Trinajstić information content (AvgIpc) is 2.97. The lowest BCUT2D eigenvalue weighted by Gasteiger charge is -2.44. The van der Waals surface area contributed by atoms with Crippen molar-refractivity contribution in [3.8, 4) is 11.5 Å². The van der Waals surface area contributed by atoms with Gasteiger partial charge < -0.3 is 24.2 Å². The molecule has 1 N–H and O–H groups in total. The Balaban J connectivity index is 1.07. The number of fused-ring (bicyclic) bond motifs is 2. The molecule has 3 aliphatic rings. The van der Waals surface area contributed by atoms with Crippen LogP contribution in [0.25, 0.3) is 0 Å². The van der Waals surface area contributed by atoms with E-state index in [2.05, 4.69) is 35.2 Å². The van der Waals surface area contributed by atoms with Gasteiger partial charge in [-0.25, -0.2) is 0 Å². The fourth-order valence-electron chi connectivity index (χ4n) is 6.18. The normalized spacial score (nSPS) is 25.3. The van der Waals surface area contributed by atoms with Gasteiger partial charge in [0.15, 0.2) is 0 Å². The third kappa shape index (κ3) is 6.56. The molecule has 0 spiro atoms. The summed E-state index contributed by atoms with van der Waals surface area (Å²) < 4.78 is 18.3. The summed E-state index contributed by atoms with van der Waals surface area (Å²) in [7, 11) is 0. The van der Waals surface area contributed by atoms with E-state index >= 15 is 0 Å². The Labute approximate surface area is 236 Å². The van der Waals surface area contributed by atoms with E-state index in [1.165, 1.54) is 11.1 Å². The van der Waals surface area contributed by atoms with Crippen molar-refractivity contribution >= 4 is 5.91 Å². The first-order chi connectivity index (χ1) is 19.6. The Bertz CT molecular complexity index is 1270. The number of nitrogens with zero attached hydrogens (tertiary/aromatic N) is 2. The second-order valence-electron chi connectivity index (χ2n) is 11.2. The highest BCUT2D eigenvalue weighted by molar-refractivity contribution is 5.77. The summed E-state index contributed by atoms with van der Waals surface area (Å²) in [5, 5.41) is 10.6. The lowest BCUT2D eigenvalue weighted by atomic mass is 9.93. The van der Waals surface area contributed by atoms with E-state index in [1.807, 2.05) is 53.4 Å². The minimum atomic E-state index is -0.553. The number of rotatable bonds is 6. The molecule has 2 fully saturated rings. The first-order valence-corrected chi connectivity index (χ1v) is 14.4. The Morgan fingerprint density at radius 2 is 1.65 bits per heavy atom. The minimum absolute atomic E-state index is 0.114. The second kappa shape index (κ2) is 12.5. The molecule has 40 heavy (non-hydrogen) atoms. The lowest BCUT2D eigenvalue weighted by molar-refractivity contribution is -0.161. The smallest absolute Gasteiger partial charge is 0.225 e. The molecule has 210 valence electrons. The van der Waals surface area contributed by atoms with E-state index in [4.69, 9.17) is 14.2 Å². The molecule has 3 aliphatic heterocycles. The summed E-state index contributed by atoms with van der Waals surface area (Å²) in [4.78, 5) is 17.5. The summed E-state index contributed by atoms with van der Waals surface area (Å²) in [6.07, 6.45) is 2.21. The van der Waals surface area contributed by atoms with Gasteiger partial charge in [-0.15, -0.1) is 0 Å². The van der Waals surface area contributed by atoms with Crippen LogP contribution in [-0.2, 0) is 33.8 Å². The van der Waals surface area contributed by atoms with Crippen LogP contribution in [0.2, 0.25) is 0 Å². The Morgan fingerprint density at radius 1 is 0.900 bits per heavy atom. The van der Waals surface area contributed by atoms with Crippen LogP contribution in [0.15, 0.2) is 78.9 Å². The Kier molecular flexibility index (Phi) is 8.44. The van der Waals surface area contributed by atoms with Gasteiger partial charge in [-0.05, 0) is 60.2 Å². The number of hydrogen-bond donors (Lipinski definition) is 1. The maximum absolute atomic E-state index is 13.2. The molecule has 0 bridgehead atoms. The van der Waals surface area contributed by atoms with E-state index in [-0.39, 0.29) is 30.8 Å². The molecule has 3 heterocycles. The number of ether oxygens (including phenoxy) is 3. The van der Waals surface area contributed by atoms with Gasteiger partial charge in [-0.3, -0.25) is 9.69 Å². The third-order valence-corrected chi connectivity index (χ3v) is 8.26. The van der Waals surface area contributed by atoms with E-state index in [9.17, 15) is 9.90 Å². The van der Waals surface area contributed by atoms with Crippen molar-refractivity contribution in [2.75, 3.05) is 26.3 Å². The summed E-state index contributed by atoms with van der Waals surface area (Å²) in [6.45, 7) is 3.36. The van der Waals surface area contributed by atoms with Crippen LogP contribution in [-0.4, -0.2) is 71.5 Å². The van der Waals surface area contributed by atoms with Gasteiger partial charge in [0.25, 0.3) is 0 Å². The molecule has 3 aromatic rings. The first kappa shape index (κ1) is 27.0. The van der Waals surface area contributed by atoms with Gasteiger partial charge in [0, 0.05) is 32.2 Å². The van der Waals surface area contributed by atoms with Crippen LogP contribution in [0.3, 0.4) is 0 Å². The summed E-state index contributed by atoms with van der Waals surface area (Å²) in [5.74, 6) is 1.76. The van der Waals surface area contributed by atoms with Gasteiger partial charge in [0.05, 0.1) is 37.9 Å². The van der Waals surface area contributed by atoms with Gasteiger partial charge in [-0.2, -0.15) is 0 Å². The highest BCUT2D eigenvalue weighted by Gasteiger charge is 2.38. The van der Waals surface area contributed by atoms with Crippen molar-refractivity contribution in [3.05, 3.63) is 95.6 Å². The fourth-order valence-corrected chi connectivity index (χ4v) is 6.18. The maximum atomic E-state index is 13.2. The van der Waals surface area contributed by atoms with Gasteiger partial charge in [0.2, 0.25) is 5.91 Å². The average molecular weight is 543 g/mol. The molecule has 7 nitrogen and oxygen atoms in total. The molecule has 0 radical (unpaired) electrons. The zero-order chi connectivity index (χ0) is 27.3. The molecular formula is C33H38N2O5. The molecule has 1 amide bonds. The summed E-state index contributed by atoms with van der Waals surface area (Å²) in [6, 6.07) is 26.4. The lowest BCUT2D eigenvalue weighted by Crippen LogP contribution is -2.55. The molecule has 7 heteroatoms. The third-order valence-electron chi connectivity index (χ3n) is 8.26. The number of para-hydroxylation sites is 1. The van der Waals surface area contributed by atoms with Gasteiger partial charge >= 0.3 is 0 Å². The number of aliphatic hydroxyl groups is 1. The molecule has 0 aromatic heterocycles. The summed E-state index contributed by atoms with van der Waals surface area (Å²) in [5.41, 5.74) is 3.74. The van der Waals surface area contributed by atoms with Crippen LogP contribution in [0, 0.1) is 0 Å². The van der Waals surface area contributed by atoms with Crippen LogP contribution >= 0.6 is 0 Å². The SMILES string of the molecule is O=C(C[C@H]1CC[C@H]2[C@@H](COC[C@@H](O)CN2Cc2ccc(Oc3ccccc3)cc2)O1)N1CCc2ccccc2C1. The van der Waals surface area contributed by atoms with Gasteiger partial charge in [-0.1, -0.05) is 54.6 Å². The highest BCUT2D eigenvalue weighted by Crippen LogP contribution is 2.30. The molecular weight excluding hydrogens is 504 g/mol. The number of benzene rings is 3. The molecule has 4 atom stereocenters. The van der Waals surface area contributed by atoms with Crippen LogP contribution in [0.4, 0.5) is 0 Å². The quantitative estimate of drug-likeness (QED) is 0.492. The maximum Gasteiger partial charge on any atom is 0.225 e. The molecule has 0 aliphatic carbocycles. The van der Waals surface area contributed by atoms with Gasteiger partial charge in [0.1, 0.15) is 11.5 Å². The predicted octanol–water partition coefficient (Wildman–Crippen LogP) is 4.56. The molecule has 6 rings (SSSR count).